The molecule has 1 aromatic rings. The van der Waals surface area contributed by atoms with Gasteiger partial charge in [0.1, 0.15) is 10.1 Å². The van der Waals surface area contributed by atoms with Gasteiger partial charge in [-0.2, -0.15) is 0 Å². The van der Waals surface area contributed by atoms with Gasteiger partial charge in [0, 0.05) is 4.47 Å². The summed E-state index contributed by atoms with van der Waals surface area (Å²) < 4.78 is 12.5. The van der Waals surface area contributed by atoms with Crippen LogP contribution in [0, 0.1) is 0 Å². The van der Waals surface area contributed by atoms with Gasteiger partial charge in [0.15, 0.2) is 11.5 Å². The average Bonchev–Trinajstić information content (AvgIpc) is 2.88. The summed E-state index contributed by atoms with van der Waals surface area (Å²) in [6.45, 7) is 4.56. The summed E-state index contributed by atoms with van der Waals surface area (Å²) in [5.41, 5.74) is 1.30. The van der Waals surface area contributed by atoms with Gasteiger partial charge in [-0.25, -0.2) is 4.99 Å². The van der Waals surface area contributed by atoms with Gasteiger partial charge in [-0.1, -0.05) is 34.6 Å². The fourth-order valence-corrected chi connectivity index (χ4v) is 4.08. The Bertz CT molecular complexity index is 659. The molecule has 124 valence electrons. The van der Waals surface area contributed by atoms with Gasteiger partial charge < -0.3 is 9.47 Å². The SMILES string of the molecule is CCCSC1=N/C(=C/c2cc(OCC)c(OC)cc2Br)C(=O)S1. The zero-order valence-corrected chi connectivity index (χ0v) is 16.4. The largest absolute Gasteiger partial charge is 0.493 e. The van der Waals surface area contributed by atoms with Crippen molar-refractivity contribution in [3.05, 3.63) is 27.9 Å². The number of rotatable bonds is 6. The van der Waals surface area contributed by atoms with E-state index in [1.807, 2.05) is 19.1 Å². The Morgan fingerprint density at radius 3 is 2.78 bits per heavy atom. The van der Waals surface area contributed by atoms with E-state index in [1.54, 1.807) is 24.9 Å². The van der Waals surface area contributed by atoms with Crippen molar-refractivity contribution in [3.63, 3.8) is 0 Å². The zero-order chi connectivity index (χ0) is 16.8. The highest BCUT2D eigenvalue weighted by Crippen LogP contribution is 2.37. The number of methoxy groups -OCH3 is 1. The van der Waals surface area contributed by atoms with E-state index in [0.717, 1.165) is 26.6 Å². The predicted molar refractivity (Wildman–Crippen MR) is 103 cm³/mol. The minimum atomic E-state index is -0.0238. The number of halogens is 1. The second-order valence-electron chi connectivity index (χ2n) is 4.60. The van der Waals surface area contributed by atoms with Gasteiger partial charge in [-0.15, -0.1) is 0 Å². The molecule has 1 aromatic carbocycles. The molecule has 0 bridgehead atoms. The van der Waals surface area contributed by atoms with Crippen LogP contribution in [-0.2, 0) is 4.79 Å². The molecule has 0 atom stereocenters. The molecule has 23 heavy (non-hydrogen) atoms. The molecule has 1 aliphatic rings. The smallest absolute Gasteiger partial charge is 0.244 e. The summed E-state index contributed by atoms with van der Waals surface area (Å²) in [4.78, 5) is 16.5. The van der Waals surface area contributed by atoms with Crippen molar-refractivity contribution in [2.45, 2.75) is 20.3 Å². The van der Waals surface area contributed by atoms with E-state index in [4.69, 9.17) is 9.47 Å². The van der Waals surface area contributed by atoms with Crippen LogP contribution in [0.5, 0.6) is 11.5 Å². The molecule has 0 saturated carbocycles. The lowest BCUT2D eigenvalue weighted by Crippen LogP contribution is -1.97. The van der Waals surface area contributed by atoms with Crippen molar-refractivity contribution in [2.24, 2.45) is 4.99 Å². The van der Waals surface area contributed by atoms with Crippen LogP contribution < -0.4 is 9.47 Å². The highest BCUT2D eigenvalue weighted by atomic mass is 79.9. The molecule has 0 spiro atoms. The first-order chi connectivity index (χ1) is 11.1. The Balaban J connectivity index is 2.32. The van der Waals surface area contributed by atoms with Crippen LogP contribution in [-0.4, -0.2) is 29.0 Å². The average molecular weight is 416 g/mol. The number of benzene rings is 1. The molecule has 0 N–H and O–H groups in total. The van der Waals surface area contributed by atoms with Crippen molar-refractivity contribution in [3.8, 4) is 11.5 Å². The maximum atomic E-state index is 12.1. The summed E-state index contributed by atoms with van der Waals surface area (Å²) in [7, 11) is 1.60. The van der Waals surface area contributed by atoms with Crippen LogP contribution in [0.3, 0.4) is 0 Å². The molecule has 0 unspecified atom stereocenters. The Morgan fingerprint density at radius 2 is 2.13 bits per heavy atom. The standard InChI is InChI=1S/C16H18BrNO3S2/c1-4-6-22-16-18-12(15(19)23-16)7-10-8-14(21-5-2)13(20-3)9-11(10)17/h7-9H,4-6H2,1-3H3/b12-7+. The van der Waals surface area contributed by atoms with Crippen LogP contribution >= 0.6 is 39.5 Å². The first-order valence-electron chi connectivity index (χ1n) is 7.24. The lowest BCUT2D eigenvalue weighted by Gasteiger charge is -2.11. The van der Waals surface area contributed by atoms with Crippen LogP contribution in [0.1, 0.15) is 25.8 Å². The Kier molecular flexibility index (Phi) is 7.05. The summed E-state index contributed by atoms with van der Waals surface area (Å²) in [5, 5.41) is -0.0238. The van der Waals surface area contributed by atoms with E-state index in [0.29, 0.717) is 23.8 Å². The third-order valence-electron chi connectivity index (χ3n) is 2.91. The quantitative estimate of drug-likeness (QED) is 0.613. The summed E-state index contributed by atoms with van der Waals surface area (Å²) in [6.07, 6.45) is 2.83. The van der Waals surface area contributed by atoms with Crippen LogP contribution in [0.25, 0.3) is 6.08 Å². The maximum Gasteiger partial charge on any atom is 0.244 e. The third kappa shape index (κ3) is 4.78. The molecule has 0 aromatic heterocycles. The molecule has 0 fully saturated rings. The highest BCUT2D eigenvalue weighted by Gasteiger charge is 2.22. The monoisotopic (exact) mass is 415 g/mol. The molecule has 4 nitrogen and oxygen atoms in total. The lowest BCUT2D eigenvalue weighted by molar-refractivity contribution is -0.107. The Labute approximate surface area is 153 Å². The first kappa shape index (κ1) is 18.4. The minimum Gasteiger partial charge on any atom is -0.493 e. The number of hydrogen-bond donors (Lipinski definition) is 0. The van der Waals surface area contributed by atoms with E-state index in [2.05, 4.69) is 27.8 Å². The van der Waals surface area contributed by atoms with E-state index in [9.17, 15) is 4.79 Å². The minimum absolute atomic E-state index is 0.0238. The fourth-order valence-electron chi connectivity index (χ4n) is 1.88. The molecule has 0 saturated heterocycles. The van der Waals surface area contributed by atoms with Gasteiger partial charge in [0.25, 0.3) is 0 Å². The number of hydrogen-bond acceptors (Lipinski definition) is 6. The van der Waals surface area contributed by atoms with E-state index in [-0.39, 0.29) is 5.12 Å². The molecule has 2 rings (SSSR count). The van der Waals surface area contributed by atoms with Crippen molar-refractivity contribution in [1.29, 1.82) is 0 Å². The summed E-state index contributed by atoms with van der Waals surface area (Å²) >= 11 is 6.32. The number of thioether (sulfide) groups is 2. The highest BCUT2D eigenvalue weighted by molar-refractivity contribution is 9.10. The van der Waals surface area contributed by atoms with Crippen molar-refractivity contribution in [1.82, 2.24) is 0 Å². The number of carbonyl (C=O) groups excluding carboxylic acids is 1. The third-order valence-corrected chi connectivity index (χ3v) is 5.81. The predicted octanol–water partition coefficient (Wildman–Crippen LogP) is 4.97. The normalized spacial score (nSPS) is 15.9. The van der Waals surface area contributed by atoms with Gasteiger partial charge in [-0.05, 0) is 54.6 Å². The molecule has 1 heterocycles. The number of nitrogens with zero attached hydrogens (tertiary/aromatic N) is 1. The second kappa shape index (κ2) is 8.80. The van der Waals surface area contributed by atoms with Gasteiger partial charge in [-0.3, -0.25) is 4.79 Å². The Hall–Kier alpha value is -0.920. The lowest BCUT2D eigenvalue weighted by atomic mass is 10.1. The summed E-state index contributed by atoms with van der Waals surface area (Å²) in [5.74, 6) is 2.26. The molecule has 7 heteroatoms. The van der Waals surface area contributed by atoms with Crippen molar-refractivity contribution < 1.29 is 14.3 Å². The van der Waals surface area contributed by atoms with Crippen molar-refractivity contribution in [2.75, 3.05) is 19.5 Å². The van der Waals surface area contributed by atoms with E-state index < -0.39 is 0 Å². The van der Waals surface area contributed by atoms with Gasteiger partial charge >= 0.3 is 0 Å². The number of aliphatic imine (C=N–C) groups is 1. The van der Waals surface area contributed by atoms with Crippen molar-refractivity contribution >= 4 is 55.0 Å². The molecule has 0 amide bonds. The van der Waals surface area contributed by atoms with Crippen LogP contribution in [0.4, 0.5) is 0 Å². The second-order valence-corrected chi connectivity index (χ2v) is 7.76. The van der Waals surface area contributed by atoms with Gasteiger partial charge in [0.05, 0.1) is 13.7 Å². The molecule has 0 aliphatic carbocycles. The zero-order valence-electron chi connectivity index (χ0n) is 13.2. The van der Waals surface area contributed by atoms with E-state index >= 15 is 0 Å². The molecular formula is C16H18BrNO3S2. The van der Waals surface area contributed by atoms with E-state index in [1.165, 1.54) is 11.8 Å². The molecule has 1 aliphatic heterocycles. The van der Waals surface area contributed by atoms with Gasteiger partial charge in [0.2, 0.25) is 5.12 Å². The van der Waals surface area contributed by atoms with Crippen LogP contribution in [0.2, 0.25) is 0 Å². The molecule has 0 radical (unpaired) electrons. The fraction of sp³-hybridized carbons (Fsp3) is 0.375. The number of carbonyl (C=O) groups is 1. The van der Waals surface area contributed by atoms with Crippen LogP contribution in [0.15, 0.2) is 27.3 Å². The maximum absolute atomic E-state index is 12.1. The Morgan fingerprint density at radius 1 is 1.35 bits per heavy atom. The number of ether oxygens (including phenoxy) is 2. The first-order valence-corrected chi connectivity index (χ1v) is 9.84. The topological polar surface area (TPSA) is 47.9 Å². The summed E-state index contributed by atoms with van der Waals surface area (Å²) in [6, 6.07) is 3.68. The molecular weight excluding hydrogens is 398 g/mol.